The molecule has 0 saturated heterocycles. The average Bonchev–Trinajstić information content (AvgIpc) is 2.47. The third-order valence-corrected chi connectivity index (χ3v) is 1.66. The summed E-state index contributed by atoms with van der Waals surface area (Å²) in [5.74, 6) is 1.03. The lowest BCUT2D eigenvalue weighted by molar-refractivity contribution is 0.356. The average molecular weight is 180 g/mol. The summed E-state index contributed by atoms with van der Waals surface area (Å²) < 4.78 is 0. The monoisotopic (exact) mass is 180 g/mol. The molecule has 7 heteroatoms. The van der Waals surface area contributed by atoms with Gasteiger partial charge in [-0.2, -0.15) is 9.98 Å². The van der Waals surface area contributed by atoms with Gasteiger partial charge in [-0.1, -0.05) is 0 Å². The topological polar surface area (TPSA) is 122 Å². The smallest absolute Gasteiger partial charge is 0.223 e. The van der Waals surface area contributed by atoms with Crippen LogP contribution in [0.15, 0.2) is 20.0 Å². The minimum Gasteiger partial charge on any atom is -0.388 e. The van der Waals surface area contributed by atoms with Crippen molar-refractivity contribution in [3.8, 4) is 0 Å². The summed E-state index contributed by atoms with van der Waals surface area (Å²) in [4.78, 5) is 15.5. The van der Waals surface area contributed by atoms with Gasteiger partial charge in [-0.15, -0.1) is 0 Å². The Kier molecular flexibility index (Phi) is 1.59. The van der Waals surface area contributed by atoms with Crippen LogP contribution < -0.4 is 11.5 Å². The number of aliphatic imine (C=N–C) groups is 4. The van der Waals surface area contributed by atoms with E-state index in [0.717, 1.165) is 0 Å². The molecule has 7 nitrogen and oxygen atoms in total. The van der Waals surface area contributed by atoms with Crippen LogP contribution in [-0.4, -0.2) is 41.2 Å². The second-order valence-corrected chi connectivity index (χ2v) is 2.58. The quantitative estimate of drug-likeness (QED) is 0.426. The number of amidine groups is 3. The van der Waals surface area contributed by atoms with E-state index in [1.54, 1.807) is 0 Å². The van der Waals surface area contributed by atoms with Crippen LogP contribution in [0.5, 0.6) is 0 Å². The highest BCUT2D eigenvalue weighted by atomic mass is 16.3. The molecule has 2 heterocycles. The van der Waals surface area contributed by atoms with E-state index < -0.39 is 6.04 Å². The highest BCUT2D eigenvalue weighted by Crippen LogP contribution is 2.10. The molecular formula is C6H8N6O. The van der Waals surface area contributed by atoms with Crippen LogP contribution in [0.2, 0.25) is 0 Å². The maximum Gasteiger partial charge on any atom is 0.223 e. The van der Waals surface area contributed by atoms with Gasteiger partial charge in [0.25, 0.3) is 0 Å². The lowest BCUT2D eigenvalue weighted by atomic mass is 10.2. The van der Waals surface area contributed by atoms with Crippen LogP contribution >= 0.6 is 0 Å². The number of aliphatic hydroxyl groups excluding tert-OH is 1. The number of guanidine groups is 1. The SMILES string of the molecule is NC1=NC2=NC(CO)=NC2C(N)=N1. The highest BCUT2D eigenvalue weighted by Gasteiger charge is 2.28. The van der Waals surface area contributed by atoms with Gasteiger partial charge in [0.1, 0.15) is 12.4 Å². The predicted octanol–water partition coefficient (Wildman–Crippen LogP) is -2.16. The summed E-state index contributed by atoms with van der Waals surface area (Å²) in [7, 11) is 0. The lowest BCUT2D eigenvalue weighted by Gasteiger charge is -2.10. The molecule has 0 aromatic rings. The van der Waals surface area contributed by atoms with Gasteiger partial charge in [0.2, 0.25) is 5.96 Å². The molecule has 0 aliphatic carbocycles. The number of nitrogens with zero attached hydrogens (tertiary/aromatic N) is 4. The van der Waals surface area contributed by atoms with Gasteiger partial charge in [-0.3, -0.25) is 0 Å². The van der Waals surface area contributed by atoms with Crippen molar-refractivity contribution in [3.63, 3.8) is 0 Å². The van der Waals surface area contributed by atoms with E-state index in [4.69, 9.17) is 16.6 Å². The van der Waals surface area contributed by atoms with E-state index in [2.05, 4.69) is 20.0 Å². The minimum atomic E-state index is -0.463. The number of hydrogen-bond acceptors (Lipinski definition) is 7. The molecule has 0 aromatic heterocycles. The zero-order chi connectivity index (χ0) is 9.42. The van der Waals surface area contributed by atoms with E-state index in [0.29, 0.717) is 11.7 Å². The lowest BCUT2D eigenvalue weighted by Crippen LogP contribution is -2.38. The summed E-state index contributed by atoms with van der Waals surface area (Å²) in [6.07, 6.45) is 0. The molecule has 0 amide bonds. The molecule has 2 rings (SSSR count). The number of aliphatic hydroxyl groups is 1. The molecule has 1 unspecified atom stereocenters. The zero-order valence-electron chi connectivity index (χ0n) is 6.68. The molecule has 5 N–H and O–H groups in total. The second kappa shape index (κ2) is 2.63. The second-order valence-electron chi connectivity index (χ2n) is 2.58. The first-order chi connectivity index (χ1) is 6.20. The predicted molar refractivity (Wildman–Crippen MR) is 49.0 cm³/mol. The summed E-state index contributed by atoms with van der Waals surface area (Å²) in [5.41, 5.74) is 10.9. The fraction of sp³-hybridized carbons (Fsp3) is 0.333. The fourth-order valence-electron chi connectivity index (χ4n) is 1.13. The van der Waals surface area contributed by atoms with Gasteiger partial charge in [0.15, 0.2) is 17.7 Å². The molecule has 0 aromatic carbocycles. The van der Waals surface area contributed by atoms with Crippen molar-refractivity contribution in [2.45, 2.75) is 6.04 Å². The Balaban J connectivity index is 2.39. The number of nitrogens with two attached hydrogens (primary N) is 2. The van der Waals surface area contributed by atoms with Gasteiger partial charge in [-0.05, 0) is 0 Å². The molecule has 13 heavy (non-hydrogen) atoms. The molecule has 0 saturated carbocycles. The van der Waals surface area contributed by atoms with Crippen LogP contribution in [0.3, 0.4) is 0 Å². The highest BCUT2D eigenvalue weighted by molar-refractivity contribution is 6.23. The third kappa shape index (κ3) is 1.18. The van der Waals surface area contributed by atoms with E-state index in [9.17, 15) is 0 Å². The van der Waals surface area contributed by atoms with E-state index in [1.165, 1.54) is 0 Å². The molecular weight excluding hydrogens is 172 g/mol. The standard InChI is InChI=1S/C6H8N6O/c7-4-3-5(12-6(8)11-4)10-2(1-13)9-3/h3,13H,1H2,(H4,7,8,9,10,11,12). The molecule has 1 atom stereocenters. The minimum absolute atomic E-state index is 0.0712. The Labute approximate surface area is 73.6 Å². The molecule has 68 valence electrons. The molecule has 2 aliphatic rings. The van der Waals surface area contributed by atoms with Crippen molar-refractivity contribution in [1.29, 1.82) is 0 Å². The Hall–Kier alpha value is -1.76. The normalized spacial score (nSPS) is 25.8. The van der Waals surface area contributed by atoms with Gasteiger partial charge >= 0.3 is 0 Å². The van der Waals surface area contributed by atoms with Crippen LogP contribution in [0.4, 0.5) is 0 Å². The van der Waals surface area contributed by atoms with E-state index in [1.807, 2.05) is 0 Å². The van der Waals surface area contributed by atoms with Crippen molar-refractivity contribution in [1.82, 2.24) is 0 Å². The summed E-state index contributed by atoms with van der Waals surface area (Å²) in [6, 6.07) is -0.463. The third-order valence-electron chi connectivity index (χ3n) is 1.66. The van der Waals surface area contributed by atoms with Crippen LogP contribution in [0.25, 0.3) is 0 Å². The number of rotatable bonds is 1. The maximum atomic E-state index is 8.77. The summed E-state index contributed by atoms with van der Waals surface area (Å²) in [6.45, 7) is -0.233. The van der Waals surface area contributed by atoms with Gasteiger partial charge in [-0.25, -0.2) is 9.98 Å². The maximum absolute atomic E-state index is 8.77. The van der Waals surface area contributed by atoms with Crippen molar-refractivity contribution in [2.24, 2.45) is 31.4 Å². The van der Waals surface area contributed by atoms with Crippen molar-refractivity contribution < 1.29 is 5.11 Å². The van der Waals surface area contributed by atoms with Gasteiger partial charge in [0, 0.05) is 0 Å². The van der Waals surface area contributed by atoms with Crippen LogP contribution in [0.1, 0.15) is 0 Å². The molecule has 0 radical (unpaired) electrons. The number of fused-ring (bicyclic) bond motifs is 1. The summed E-state index contributed by atoms with van der Waals surface area (Å²) in [5, 5.41) is 8.77. The first kappa shape index (κ1) is 7.87. The van der Waals surface area contributed by atoms with Crippen LogP contribution in [-0.2, 0) is 0 Å². The van der Waals surface area contributed by atoms with Crippen molar-refractivity contribution in [3.05, 3.63) is 0 Å². The molecule has 0 spiro atoms. The van der Waals surface area contributed by atoms with E-state index in [-0.39, 0.29) is 18.4 Å². The van der Waals surface area contributed by atoms with Crippen molar-refractivity contribution >= 4 is 23.5 Å². The Bertz CT molecular complexity index is 365. The van der Waals surface area contributed by atoms with Crippen LogP contribution in [0, 0.1) is 0 Å². The molecule has 0 fully saturated rings. The van der Waals surface area contributed by atoms with Gasteiger partial charge < -0.3 is 16.6 Å². The first-order valence-corrected chi connectivity index (χ1v) is 3.65. The largest absolute Gasteiger partial charge is 0.388 e. The van der Waals surface area contributed by atoms with Crippen molar-refractivity contribution in [2.75, 3.05) is 6.61 Å². The number of hydrogen-bond donors (Lipinski definition) is 3. The Morgan fingerprint density at radius 2 is 2.00 bits per heavy atom. The zero-order valence-corrected chi connectivity index (χ0v) is 6.68. The fourth-order valence-corrected chi connectivity index (χ4v) is 1.13. The van der Waals surface area contributed by atoms with Gasteiger partial charge in [0.05, 0.1) is 0 Å². The molecule has 0 bridgehead atoms. The van der Waals surface area contributed by atoms with E-state index >= 15 is 0 Å². The molecule has 2 aliphatic heterocycles. The Morgan fingerprint density at radius 1 is 1.23 bits per heavy atom. The Morgan fingerprint density at radius 3 is 2.69 bits per heavy atom. The first-order valence-electron chi connectivity index (χ1n) is 3.65. The summed E-state index contributed by atoms with van der Waals surface area (Å²) >= 11 is 0.